The molecule has 1 N–H and O–H groups in total. The Morgan fingerprint density at radius 1 is 1.21 bits per heavy atom. The monoisotopic (exact) mass is 486 g/mol. The van der Waals surface area contributed by atoms with Crippen LogP contribution in [0.15, 0.2) is 12.1 Å². The van der Waals surface area contributed by atoms with Gasteiger partial charge in [0.25, 0.3) is 5.91 Å². The van der Waals surface area contributed by atoms with E-state index in [-0.39, 0.29) is 12.3 Å². The summed E-state index contributed by atoms with van der Waals surface area (Å²) in [5.41, 5.74) is 1.41. The molecule has 10 heteroatoms. The number of aromatic nitrogens is 2. The summed E-state index contributed by atoms with van der Waals surface area (Å²) in [6.45, 7) is 7.51. The molecule has 1 saturated heterocycles. The highest BCUT2D eigenvalue weighted by Gasteiger charge is 2.30. The lowest BCUT2D eigenvalue weighted by molar-refractivity contribution is -0.123. The van der Waals surface area contributed by atoms with Crippen LogP contribution in [-0.2, 0) is 27.1 Å². The van der Waals surface area contributed by atoms with Gasteiger partial charge in [-0.05, 0) is 69.6 Å². The van der Waals surface area contributed by atoms with Gasteiger partial charge in [0.05, 0.1) is 12.2 Å². The third-order valence-corrected chi connectivity index (χ3v) is 7.34. The summed E-state index contributed by atoms with van der Waals surface area (Å²) in [7, 11) is 0. The van der Waals surface area contributed by atoms with Crippen molar-refractivity contribution in [3.05, 3.63) is 33.8 Å². The van der Waals surface area contributed by atoms with E-state index in [9.17, 15) is 14.4 Å². The highest BCUT2D eigenvalue weighted by molar-refractivity contribution is 7.17. The maximum atomic E-state index is 12.8. The van der Waals surface area contributed by atoms with Gasteiger partial charge in [0, 0.05) is 18.0 Å². The van der Waals surface area contributed by atoms with Crippen LogP contribution in [0, 0.1) is 5.92 Å². The predicted molar refractivity (Wildman–Crippen MR) is 128 cm³/mol. The normalized spacial score (nSPS) is 18.2. The quantitative estimate of drug-likeness (QED) is 0.591. The van der Waals surface area contributed by atoms with Crippen LogP contribution in [0.3, 0.4) is 0 Å². The van der Waals surface area contributed by atoms with Crippen molar-refractivity contribution in [3.63, 3.8) is 0 Å². The largest absolute Gasteiger partial charge is 0.462 e. The number of hydrogen-bond donors (Lipinski definition) is 1. The number of nitrogens with zero attached hydrogens (tertiary/aromatic N) is 3. The fourth-order valence-corrected chi connectivity index (χ4v) is 5.70. The van der Waals surface area contributed by atoms with Crippen molar-refractivity contribution < 1.29 is 23.9 Å². The molecule has 0 radical (unpaired) electrons. The molecule has 2 aliphatic rings. The maximum Gasteiger partial charge on any atom is 0.359 e. The first-order chi connectivity index (χ1) is 16.4. The van der Waals surface area contributed by atoms with Crippen molar-refractivity contribution in [2.45, 2.75) is 59.0 Å². The second kappa shape index (κ2) is 10.5. The van der Waals surface area contributed by atoms with Gasteiger partial charge in [0.2, 0.25) is 0 Å². The average molecular weight is 487 g/mol. The molecule has 1 amide bonds. The second-order valence-electron chi connectivity index (χ2n) is 8.78. The van der Waals surface area contributed by atoms with Gasteiger partial charge < -0.3 is 19.7 Å². The van der Waals surface area contributed by atoms with Gasteiger partial charge in [-0.2, -0.15) is 0 Å². The van der Waals surface area contributed by atoms with E-state index in [1.54, 1.807) is 19.1 Å². The van der Waals surface area contributed by atoms with Gasteiger partial charge in [-0.25, -0.2) is 9.59 Å². The van der Waals surface area contributed by atoms with Crippen molar-refractivity contribution >= 4 is 40.0 Å². The summed E-state index contributed by atoms with van der Waals surface area (Å²) in [5.74, 6) is -0.451. The van der Waals surface area contributed by atoms with Crippen LogP contribution in [0.5, 0.6) is 0 Å². The molecule has 1 aliphatic carbocycles. The number of ether oxygens (including phenoxy) is 2. The third-order valence-electron chi connectivity index (χ3n) is 6.17. The van der Waals surface area contributed by atoms with E-state index in [1.165, 1.54) is 18.3 Å². The molecule has 0 bridgehead atoms. The molecule has 0 aromatic carbocycles. The van der Waals surface area contributed by atoms with Crippen LogP contribution in [-0.4, -0.2) is 53.8 Å². The van der Waals surface area contributed by atoms with E-state index in [4.69, 9.17) is 9.47 Å². The zero-order chi connectivity index (χ0) is 24.2. The molecule has 9 nitrogen and oxygen atoms in total. The molecule has 2 aromatic heterocycles. The van der Waals surface area contributed by atoms with E-state index >= 15 is 0 Å². The Hall–Kier alpha value is -3.01. The number of carbonyl (C=O) groups excluding carboxylic acids is 3. The fourth-order valence-electron chi connectivity index (χ4n) is 4.30. The third kappa shape index (κ3) is 5.22. The lowest BCUT2D eigenvalue weighted by Crippen LogP contribution is -2.30. The van der Waals surface area contributed by atoms with Crippen LogP contribution >= 0.6 is 11.3 Å². The first kappa shape index (κ1) is 24.1. The van der Waals surface area contributed by atoms with E-state index < -0.39 is 23.9 Å². The van der Waals surface area contributed by atoms with Crippen molar-refractivity contribution in [1.82, 2.24) is 10.2 Å². The van der Waals surface area contributed by atoms with Crippen LogP contribution in [0.4, 0.5) is 10.8 Å². The topological polar surface area (TPSA) is 111 Å². The molecule has 3 heterocycles. The number of esters is 2. The average Bonchev–Trinajstić information content (AvgIpc) is 3.47. The molecule has 1 aliphatic heterocycles. The van der Waals surface area contributed by atoms with Gasteiger partial charge in [-0.3, -0.25) is 4.79 Å². The molecule has 2 atom stereocenters. The Bertz CT molecular complexity index is 1060. The van der Waals surface area contributed by atoms with E-state index in [1.807, 2.05) is 0 Å². The van der Waals surface area contributed by atoms with Gasteiger partial charge in [-0.15, -0.1) is 21.5 Å². The molecule has 0 spiro atoms. The van der Waals surface area contributed by atoms with Crippen molar-refractivity contribution in [3.8, 4) is 0 Å². The van der Waals surface area contributed by atoms with E-state index in [2.05, 4.69) is 27.3 Å². The van der Waals surface area contributed by atoms with Gasteiger partial charge >= 0.3 is 11.9 Å². The summed E-state index contributed by atoms with van der Waals surface area (Å²) in [6, 6.07) is 3.30. The van der Waals surface area contributed by atoms with Gasteiger partial charge in [0.1, 0.15) is 5.00 Å². The molecule has 4 rings (SSSR count). The number of fused-ring (bicyclic) bond motifs is 1. The summed E-state index contributed by atoms with van der Waals surface area (Å²) >= 11 is 1.39. The molecule has 0 saturated carbocycles. The second-order valence-corrected chi connectivity index (χ2v) is 9.89. The molecule has 182 valence electrons. The number of hydrogen-bond acceptors (Lipinski definition) is 9. The zero-order valence-corrected chi connectivity index (χ0v) is 20.6. The van der Waals surface area contributed by atoms with Crippen LogP contribution in [0.1, 0.15) is 71.3 Å². The molecule has 2 aromatic rings. The van der Waals surface area contributed by atoms with Gasteiger partial charge in [0.15, 0.2) is 17.6 Å². The van der Waals surface area contributed by atoms with Crippen LogP contribution in [0.2, 0.25) is 0 Å². The molecule has 2 unspecified atom stereocenters. The first-order valence-corrected chi connectivity index (χ1v) is 12.6. The number of carbonyl (C=O) groups is 3. The van der Waals surface area contributed by atoms with Crippen molar-refractivity contribution in [2.75, 3.05) is 29.9 Å². The Morgan fingerprint density at radius 3 is 2.65 bits per heavy atom. The molecule has 1 fully saturated rings. The van der Waals surface area contributed by atoms with Crippen molar-refractivity contribution in [2.24, 2.45) is 5.92 Å². The summed E-state index contributed by atoms with van der Waals surface area (Å²) in [4.78, 5) is 41.2. The Morgan fingerprint density at radius 2 is 1.97 bits per heavy atom. The minimum Gasteiger partial charge on any atom is -0.462 e. The van der Waals surface area contributed by atoms with Crippen molar-refractivity contribution in [1.29, 1.82) is 0 Å². The Kier molecular flexibility index (Phi) is 7.45. The smallest absolute Gasteiger partial charge is 0.359 e. The number of anilines is 2. The summed E-state index contributed by atoms with van der Waals surface area (Å²) < 4.78 is 10.6. The van der Waals surface area contributed by atoms with Crippen LogP contribution in [0.25, 0.3) is 0 Å². The minimum absolute atomic E-state index is 0.0374. The molecule has 34 heavy (non-hydrogen) atoms. The number of nitrogens with one attached hydrogen (secondary N) is 1. The number of rotatable bonds is 7. The Balaban J connectivity index is 1.43. The van der Waals surface area contributed by atoms with Gasteiger partial charge in [-0.1, -0.05) is 6.92 Å². The lowest BCUT2D eigenvalue weighted by atomic mass is 9.88. The number of amides is 1. The minimum atomic E-state index is -1.08. The van der Waals surface area contributed by atoms with Crippen LogP contribution < -0.4 is 10.2 Å². The first-order valence-electron chi connectivity index (χ1n) is 11.8. The molecular weight excluding hydrogens is 456 g/mol. The summed E-state index contributed by atoms with van der Waals surface area (Å²) in [6.07, 6.45) is 3.76. The molecular formula is C24H30N4O5S. The lowest BCUT2D eigenvalue weighted by Gasteiger charge is -2.18. The number of thiophene rings is 1. The predicted octanol–water partition coefficient (Wildman–Crippen LogP) is 3.62. The summed E-state index contributed by atoms with van der Waals surface area (Å²) in [5, 5.41) is 11.3. The van der Waals surface area contributed by atoms with E-state index in [0.717, 1.165) is 61.5 Å². The highest BCUT2D eigenvalue weighted by atomic mass is 32.1. The van der Waals surface area contributed by atoms with E-state index in [0.29, 0.717) is 16.5 Å². The maximum absolute atomic E-state index is 12.8. The Labute approximate surface area is 202 Å². The SMILES string of the molecule is CCOC(=O)c1c(NC(=O)C(C)OC(=O)c2ccc(N3CCCC3)nn2)sc2c1CCC(C)C2. The fraction of sp³-hybridized carbons (Fsp3) is 0.542. The highest BCUT2D eigenvalue weighted by Crippen LogP contribution is 2.40. The zero-order valence-electron chi connectivity index (χ0n) is 19.8. The standard InChI is InChI=1S/C24H30N4O5S/c1-4-32-24(31)20-16-8-7-14(2)13-18(16)34-22(20)25-21(29)15(3)33-23(30)17-9-10-19(27-26-17)28-11-5-6-12-28/h9-10,14-15H,4-8,11-13H2,1-3H3,(H,25,29).